The van der Waals surface area contributed by atoms with Crippen LogP contribution >= 0.6 is 23.1 Å². The predicted molar refractivity (Wildman–Crippen MR) is 125 cm³/mol. The summed E-state index contributed by atoms with van der Waals surface area (Å²) < 4.78 is 2.02. The summed E-state index contributed by atoms with van der Waals surface area (Å²) in [7, 11) is 0. The zero-order chi connectivity index (χ0) is 21.5. The van der Waals surface area contributed by atoms with Crippen LogP contribution in [0.3, 0.4) is 0 Å². The maximum absolute atomic E-state index is 12.4. The van der Waals surface area contributed by atoms with E-state index in [1.807, 2.05) is 83.6 Å². The molecule has 0 bridgehead atoms. The molecule has 1 amide bonds. The lowest BCUT2D eigenvalue weighted by Crippen LogP contribution is -2.14. The van der Waals surface area contributed by atoms with Gasteiger partial charge in [0.2, 0.25) is 5.91 Å². The average molecular weight is 449 g/mol. The van der Waals surface area contributed by atoms with Crippen LogP contribution in [0.25, 0.3) is 10.7 Å². The number of nitrogens with zero attached hydrogens (tertiary/aromatic N) is 5. The number of anilines is 1. The lowest BCUT2D eigenvalue weighted by atomic mass is 10.3. The third-order valence-corrected chi connectivity index (χ3v) is 6.13. The lowest BCUT2D eigenvalue weighted by Gasteiger charge is -2.07. The van der Waals surface area contributed by atoms with E-state index >= 15 is 0 Å². The van der Waals surface area contributed by atoms with Crippen LogP contribution < -0.4 is 5.32 Å². The number of carbonyl (C=O) groups excluding carboxylic acids is 1. The Hall–Kier alpha value is -3.30. The predicted octanol–water partition coefficient (Wildman–Crippen LogP) is 6.17. The number of amides is 1. The van der Waals surface area contributed by atoms with Gasteiger partial charge in [-0.3, -0.25) is 4.79 Å². The number of rotatable bonds is 8. The molecule has 156 valence electrons. The minimum absolute atomic E-state index is 0.105. The number of nitrogens with one attached hydrogen (secondary N) is 1. The summed E-state index contributed by atoms with van der Waals surface area (Å²) in [5, 5.41) is 22.6. The van der Waals surface area contributed by atoms with Crippen molar-refractivity contribution in [1.82, 2.24) is 14.8 Å². The van der Waals surface area contributed by atoms with Gasteiger partial charge in [-0.2, -0.15) is 10.2 Å². The highest BCUT2D eigenvalue weighted by Crippen LogP contribution is 2.27. The summed E-state index contributed by atoms with van der Waals surface area (Å²) in [6.07, 6.45) is 0. The smallest absolute Gasteiger partial charge is 0.234 e. The fraction of sp³-hybridized carbons (Fsp3) is 0.136. The molecule has 0 aliphatic heterocycles. The van der Waals surface area contributed by atoms with Crippen molar-refractivity contribution in [2.75, 3.05) is 11.1 Å². The van der Waals surface area contributed by atoms with Crippen molar-refractivity contribution in [3.05, 3.63) is 72.1 Å². The quantitative estimate of drug-likeness (QED) is 0.258. The second-order valence-electron chi connectivity index (χ2n) is 6.45. The van der Waals surface area contributed by atoms with Crippen LogP contribution in [0.5, 0.6) is 0 Å². The summed E-state index contributed by atoms with van der Waals surface area (Å²) in [4.78, 5) is 13.5. The number of azo groups is 1. The molecule has 4 aromatic rings. The topological polar surface area (TPSA) is 84.5 Å². The van der Waals surface area contributed by atoms with Gasteiger partial charge in [0, 0.05) is 12.2 Å². The van der Waals surface area contributed by atoms with E-state index in [2.05, 4.69) is 25.7 Å². The molecular weight excluding hydrogens is 428 g/mol. The standard InChI is InChI=1S/C22H20N6OS2/c1-2-28-21(19-9-6-14-30-19)26-27-22(28)31-15-20(29)23-16-10-12-18(13-11-16)25-24-17-7-4-3-5-8-17/h3-14H,2,15H2,1H3,(H,23,29). The van der Waals surface area contributed by atoms with Crippen LogP contribution in [0, 0.1) is 0 Å². The van der Waals surface area contributed by atoms with E-state index in [1.165, 1.54) is 11.8 Å². The molecule has 0 saturated heterocycles. The van der Waals surface area contributed by atoms with Gasteiger partial charge in [-0.05, 0) is 54.8 Å². The largest absolute Gasteiger partial charge is 0.325 e. The molecule has 0 fully saturated rings. The molecule has 2 aromatic heterocycles. The van der Waals surface area contributed by atoms with Crippen molar-refractivity contribution in [2.45, 2.75) is 18.6 Å². The Kier molecular flexibility index (Phi) is 6.85. The van der Waals surface area contributed by atoms with Crippen LogP contribution in [0.4, 0.5) is 17.1 Å². The highest BCUT2D eigenvalue weighted by Gasteiger charge is 2.15. The number of benzene rings is 2. The van der Waals surface area contributed by atoms with Gasteiger partial charge in [0.1, 0.15) is 0 Å². The Morgan fingerprint density at radius 2 is 1.74 bits per heavy atom. The van der Waals surface area contributed by atoms with Crippen molar-refractivity contribution in [1.29, 1.82) is 0 Å². The van der Waals surface area contributed by atoms with Crippen molar-refractivity contribution in [3.8, 4) is 10.7 Å². The van der Waals surface area contributed by atoms with Crippen LogP contribution in [0.15, 0.2) is 87.5 Å². The molecule has 0 aliphatic carbocycles. The molecule has 1 N–H and O–H groups in total. The number of thiophene rings is 1. The maximum Gasteiger partial charge on any atom is 0.234 e. The van der Waals surface area contributed by atoms with E-state index in [9.17, 15) is 4.79 Å². The first kappa shape index (κ1) is 21.0. The van der Waals surface area contributed by atoms with Crippen LogP contribution in [0.1, 0.15) is 6.92 Å². The van der Waals surface area contributed by atoms with E-state index in [-0.39, 0.29) is 11.7 Å². The van der Waals surface area contributed by atoms with E-state index in [4.69, 9.17) is 0 Å². The monoisotopic (exact) mass is 448 g/mol. The van der Waals surface area contributed by atoms with Crippen molar-refractivity contribution in [2.24, 2.45) is 10.2 Å². The van der Waals surface area contributed by atoms with Gasteiger partial charge < -0.3 is 9.88 Å². The first-order chi connectivity index (χ1) is 15.2. The number of hydrogen-bond donors (Lipinski definition) is 1. The number of aromatic nitrogens is 3. The minimum Gasteiger partial charge on any atom is -0.325 e. The van der Waals surface area contributed by atoms with Gasteiger partial charge in [0.15, 0.2) is 11.0 Å². The normalized spacial score (nSPS) is 11.1. The molecule has 0 spiro atoms. The molecule has 31 heavy (non-hydrogen) atoms. The van der Waals surface area contributed by atoms with Gasteiger partial charge in [-0.1, -0.05) is 36.0 Å². The van der Waals surface area contributed by atoms with Gasteiger partial charge in [0.25, 0.3) is 0 Å². The summed E-state index contributed by atoms with van der Waals surface area (Å²) in [5.74, 6) is 0.977. The SMILES string of the molecule is CCn1c(SCC(=O)Nc2ccc(N=Nc3ccccc3)cc2)nnc1-c1cccs1. The number of hydrogen-bond acceptors (Lipinski definition) is 7. The average Bonchev–Trinajstić information content (AvgIpc) is 3.47. The van der Waals surface area contributed by atoms with Gasteiger partial charge in [-0.25, -0.2) is 0 Å². The lowest BCUT2D eigenvalue weighted by molar-refractivity contribution is -0.113. The van der Waals surface area contributed by atoms with Gasteiger partial charge >= 0.3 is 0 Å². The third-order valence-electron chi connectivity index (χ3n) is 4.30. The molecule has 7 nitrogen and oxygen atoms in total. The molecule has 0 aliphatic rings. The zero-order valence-corrected chi connectivity index (χ0v) is 18.4. The van der Waals surface area contributed by atoms with Gasteiger partial charge in [0.05, 0.1) is 22.0 Å². The second-order valence-corrected chi connectivity index (χ2v) is 8.34. The van der Waals surface area contributed by atoms with Crippen molar-refractivity contribution >= 4 is 46.1 Å². The van der Waals surface area contributed by atoms with E-state index < -0.39 is 0 Å². The molecule has 9 heteroatoms. The van der Waals surface area contributed by atoms with Crippen LogP contribution in [-0.2, 0) is 11.3 Å². The molecule has 0 unspecified atom stereocenters. The molecule has 0 radical (unpaired) electrons. The van der Waals surface area contributed by atoms with E-state index in [0.717, 1.165) is 28.1 Å². The Morgan fingerprint density at radius 3 is 2.42 bits per heavy atom. The zero-order valence-electron chi connectivity index (χ0n) is 16.8. The Labute approximate surface area is 188 Å². The summed E-state index contributed by atoms with van der Waals surface area (Å²) >= 11 is 3.00. The molecular formula is C22H20N6OS2. The van der Waals surface area contributed by atoms with Crippen molar-refractivity contribution in [3.63, 3.8) is 0 Å². The highest BCUT2D eigenvalue weighted by molar-refractivity contribution is 7.99. The summed E-state index contributed by atoms with van der Waals surface area (Å²) in [6.45, 7) is 2.78. The Morgan fingerprint density at radius 1 is 1.00 bits per heavy atom. The first-order valence-electron chi connectivity index (χ1n) is 9.69. The summed E-state index contributed by atoms with van der Waals surface area (Å²) in [5.41, 5.74) is 2.22. The van der Waals surface area contributed by atoms with Gasteiger partial charge in [-0.15, -0.1) is 21.5 Å². The molecule has 0 atom stereocenters. The van der Waals surface area contributed by atoms with Crippen LogP contribution in [-0.4, -0.2) is 26.4 Å². The highest BCUT2D eigenvalue weighted by atomic mass is 32.2. The molecule has 2 heterocycles. The fourth-order valence-electron chi connectivity index (χ4n) is 2.82. The Bertz CT molecular complexity index is 1150. The minimum atomic E-state index is -0.105. The number of carbonyl (C=O) groups is 1. The van der Waals surface area contributed by atoms with Crippen molar-refractivity contribution < 1.29 is 4.79 Å². The van der Waals surface area contributed by atoms with E-state index in [0.29, 0.717) is 11.4 Å². The van der Waals surface area contributed by atoms with Crippen LogP contribution in [0.2, 0.25) is 0 Å². The maximum atomic E-state index is 12.4. The summed E-state index contributed by atoms with van der Waals surface area (Å²) in [6, 6.07) is 20.8. The molecule has 4 rings (SSSR count). The van der Waals surface area contributed by atoms with E-state index in [1.54, 1.807) is 11.3 Å². The second kappa shape index (κ2) is 10.1. The Balaban J connectivity index is 1.33. The first-order valence-corrected chi connectivity index (χ1v) is 11.6. The molecule has 0 saturated carbocycles. The fourth-order valence-corrected chi connectivity index (χ4v) is 4.34. The molecule has 2 aromatic carbocycles. The third kappa shape index (κ3) is 5.44. The number of thioether (sulfide) groups is 1.